The molecule has 0 bridgehead atoms. The zero-order valence-corrected chi connectivity index (χ0v) is 11.4. The van der Waals surface area contributed by atoms with Crippen LogP contribution in [0.1, 0.15) is 45.4 Å². The molecule has 0 N–H and O–H groups in total. The lowest BCUT2D eigenvalue weighted by Crippen LogP contribution is -2.45. The Morgan fingerprint density at radius 1 is 0.833 bits per heavy atom. The molecule has 0 aliphatic carbocycles. The Bertz CT molecular complexity index is 200. The third-order valence-corrected chi connectivity index (χ3v) is 3.55. The molecule has 0 spiro atoms. The largest absolute Gasteiger partial charge is 0.457 e. The highest BCUT2D eigenvalue weighted by Crippen LogP contribution is 2.28. The van der Waals surface area contributed by atoms with E-state index in [1.165, 1.54) is 19.3 Å². The lowest BCUT2D eigenvalue weighted by molar-refractivity contribution is 0.107. The van der Waals surface area contributed by atoms with E-state index in [4.69, 9.17) is 18.6 Å². The number of rotatable bonds is 6. The van der Waals surface area contributed by atoms with Crippen molar-refractivity contribution in [1.82, 2.24) is 0 Å². The highest BCUT2D eigenvalue weighted by molar-refractivity contribution is 6.67. The summed E-state index contributed by atoms with van der Waals surface area (Å²) in [5.41, 5.74) is 0.220. The summed E-state index contributed by atoms with van der Waals surface area (Å²) in [6.45, 7) is 5.39. The molecule has 102 valence electrons. The fraction of sp³-hybridized carbons (Fsp3) is 1.00. The predicted molar refractivity (Wildman–Crippen MR) is 72.4 cm³/mol. The van der Waals surface area contributed by atoms with Crippen molar-refractivity contribution in [3.05, 3.63) is 0 Å². The van der Waals surface area contributed by atoms with Gasteiger partial charge in [0, 0.05) is 32.1 Å². The number of hydrogen-bond donors (Lipinski definition) is 0. The molecule has 2 saturated heterocycles. The minimum Gasteiger partial charge on any atom is -0.411 e. The average Bonchev–Trinajstić information content (AvgIpc) is 2.46. The Balaban J connectivity index is 1.87. The standard InChI is InChI=1S/C12H24B2O4/c1-2-3-4-7-12(13-15-8-5-9-16-13)14-17-10-6-11-18-14/h12H,2-11H2,1H3. The van der Waals surface area contributed by atoms with E-state index in [1.807, 2.05) is 0 Å². The monoisotopic (exact) mass is 254 g/mol. The van der Waals surface area contributed by atoms with E-state index in [1.54, 1.807) is 0 Å². The van der Waals surface area contributed by atoms with Gasteiger partial charge in [0.2, 0.25) is 0 Å². The van der Waals surface area contributed by atoms with Crippen LogP contribution in [0.25, 0.3) is 0 Å². The minimum atomic E-state index is -0.140. The highest BCUT2D eigenvalue weighted by Gasteiger charge is 2.43. The van der Waals surface area contributed by atoms with E-state index in [0.29, 0.717) is 0 Å². The van der Waals surface area contributed by atoms with Crippen LogP contribution >= 0.6 is 0 Å². The van der Waals surface area contributed by atoms with Crippen molar-refractivity contribution in [1.29, 1.82) is 0 Å². The molecule has 0 aromatic rings. The second kappa shape index (κ2) is 8.20. The third kappa shape index (κ3) is 4.26. The maximum absolute atomic E-state index is 5.74. The summed E-state index contributed by atoms with van der Waals surface area (Å²) in [4.78, 5) is 0. The molecule has 0 unspecified atom stereocenters. The molecule has 2 fully saturated rings. The van der Waals surface area contributed by atoms with Crippen LogP contribution in [0, 0.1) is 0 Å². The van der Waals surface area contributed by atoms with Crippen molar-refractivity contribution in [3.63, 3.8) is 0 Å². The second-order valence-corrected chi connectivity index (χ2v) is 5.09. The Kier molecular flexibility index (Phi) is 6.55. The molecule has 0 atom stereocenters. The molecule has 0 aromatic heterocycles. The molecule has 2 aliphatic heterocycles. The Morgan fingerprint density at radius 3 is 1.78 bits per heavy atom. The normalized spacial score (nSPS) is 21.7. The summed E-state index contributed by atoms with van der Waals surface area (Å²) >= 11 is 0. The van der Waals surface area contributed by atoms with Crippen molar-refractivity contribution in [2.24, 2.45) is 0 Å². The Labute approximate surface area is 111 Å². The lowest BCUT2D eigenvalue weighted by atomic mass is 9.49. The maximum Gasteiger partial charge on any atom is 0.457 e. The van der Waals surface area contributed by atoms with E-state index in [2.05, 4.69) is 6.92 Å². The second-order valence-electron chi connectivity index (χ2n) is 5.09. The summed E-state index contributed by atoms with van der Waals surface area (Å²) in [6, 6.07) is 0. The summed E-state index contributed by atoms with van der Waals surface area (Å²) in [7, 11) is -0.280. The summed E-state index contributed by atoms with van der Waals surface area (Å²) in [5.74, 6) is 0. The van der Waals surface area contributed by atoms with Crippen molar-refractivity contribution in [3.8, 4) is 0 Å². The smallest absolute Gasteiger partial charge is 0.411 e. The average molecular weight is 254 g/mol. The van der Waals surface area contributed by atoms with Gasteiger partial charge in [-0.1, -0.05) is 32.6 Å². The first kappa shape index (κ1) is 14.4. The van der Waals surface area contributed by atoms with Crippen molar-refractivity contribution in [2.45, 2.75) is 51.2 Å². The van der Waals surface area contributed by atoms with Gasteiger partial charge in [0.05, 0.1) is 0 Å². The lowest BCUT2D eigenvalue weighted by Gasteiger charge is -2.31. The maximum atomic E-state index is 5.74. The van der Waals surface area contributed by atoms with Crippen molar-refractivity contribution in [2.75, 3.05) is 26.4 Å². The first-order chi connectivity index (χ1) is 8.92. The third-order valence-electron chi connectivity index (χ3n) is 3.55. The van der Waals surface area contributed by atoms with Crippen LogP contribution in [0.15, 0.2) is 0 Å². The van der Waals surface area contributed by atoms with Gasteiger partial charge in [0.25, 0.3) is 0 Å². The van der Waals surface area contributed by atoms with Gasteiger partial charge in [0.15, 0.2) is 0 Å². The first-order valence-electron chi connectivity index (χ1n) is 7.38. The van der Waals surface area contributed by atoms with Crippen molar-refractivity contribution >= 4 is 14.2 Å². The van der Waals surface area contributed by atoms with Crippen LogP contribution in [0.5, 0.6) is 0 Å². The molecule has 2 aliphatic rings. The van der Waals surface area contributed by atoms with Gasteiger partial charge in [-0.2, -0.15) is 0 Å². The molecule has 18 heavy (non-hydrogen) atoms. The zero-order chi connectivity index (χ0) is 12.6. The van der Waals surface area contributed by atoms with Gasteiger partial charge in [-0.05, 0) is 12.8 Å². The Morgan fingerprint density at radius 2 is 1.33 bits per heavy atom. The SMILES string of the molecule is CCCCCC(B1OCCCO1)B1OCCCO1. The topological polar surface area (TPSA) is 36.9 Å². The van der Waals surface area contributed by atoms with Gasteiger partial charge < -0.3 is 18.6 Å². The number of hydrogen-bond acceptors (Lipinski definition) is 4. The van der Waals surface area contributed by atoms with Crippen LogP contribution in [0.3, 0.4) is 0 Å². The zero-order valence-electron chi connectivity index (χ0n) is 11.4. The molecule has 0 aromatic carbocycles. The van der Waals surface area contributed by atoms with E-state index in [0.717, 1.165) is 45.7 Å². The van der Waals surface area contributed by atoms with Crippen LogP contribution in [0.4, 0.5) is 0 Å². The Hall–Kier alpha value is -0.0301. The molecule has 0 radical (unpaired) electrons. The van der Waals surface area contributed by atoms with Gasteiger partial charge in [-0.15, -0.1) is 0 Å². The summed E-state index contributed by atoms with van der Waals surface area (Å²) < 4.78 is 23.0. The van der Waals surface area contributed by atoms with Crippen LogP contribution < -0.4 is 0 Å². The van der Waals surface area contributed by atoms with Gasteiger partial charge in [0.1, 0.15) is 0 Å². The van der Waals surface area contributed by atoms with Gasteiger partial charge >= 0.3 is 14.2 Å². The van der Waals surface area contributed by atoms with Gasteiger partial charge in [-0.3, -0.25) is 0 Å². The molecule has 2 rings (SSSR count). The first-order valence-corrected chi connectivity index (χ1v) is 7.38. The minimum absolute atomic E-state index is 0.140. The highest BCUT2D eigenvalue weighted by atomic mass is 16.6. The van der Waals surface area contributed by atoms with Gasteiger partial charge in [-0.25, -0.2) is 0 Å². The quantitative estimate of drug-likeness (QED) is 0.538. The van der Waals surface area contributed by atoms with E-state index in [-0.39, 0.29) is 20.0 Å². The number of unbranched alkanes of at least 4 members (excludes halogenated alkanes) is 2. The summed E-state index contributed by atoms with van der Waals surface area (Å²) in [6.07, 6.45) is 6.70. The molecular weight excluding hydrogens is 230 g/mol. The van der Waals surface area contributed by atoms with Crippen LogP contribution in [-0.4, -0.2) is 40.7 Å². The van der Waals surface area contributed by atoms with E-state index < -0.39 is 0 Å². The fourth-order valence-electron chi connectivity index (χ4n) is 2.54. The fourth-order valence-corrected chi connectivity index (χ4v) is 2.54. The molecule has 0 saturated carbocycles. The molecular formula is C12H24B2O4. The van der Waals surface area contributed by atoms with Crippen LogP contribution in [-0.2, 0) is 18.6 Å². The molecule has 2 heterocycles. The van der Waals surface area contributed by atoms with E-state index in [9.17, 15) is 0 Å². The summed E-state index contributed by atoms with van der Waals surface area (Å²) in [5, 5.41) is 0. The van der Waals surface area contributed by atoms with E-state index >= 15 is 0 Å². The van der Waals surface area contributed by atoms with Crippen molar-refractivity contribution < 1.29 is 18.6 Å². The molecule has 6 heteroatoms. The predicted octanol–water partition coefficient (Wildman–Crippen LogP) is 2.33. The van der Waals surface area contributed by atoms with Crippen LogP contribution in [0.2, 0.25) is 5.72 Å². The molecule has 4 nitrogen and oxygen atoms in total. The molecule has 0 amide bonds.